The van der Waals surface area contributed by atoms with Crippen molar-refractivity contribution in [3.8, 4) is 0 Å². The third-order valence-electron chi connectivity index (χ3n) is 4.13. The number of halogens is 1. The van der Waals surface area contributed by atoms with Crippen molar-refractivity contribution < 1.29 is 0 Å². The molecule has 6 heteroatoms. The summed E-state index contributed by atoms with van der Waals surface area (Å²) in [6.45, 7) is 9.57. The first-order valence-electron chi connectivity index (χ1n) is 8.00. The van der Waals surface area contributed by atoms with Crippen LogP contribution in [-0.4, -0.2) is 34.6 Å². The molecule has 0 amide bonds. The van der Waals surface area contributed by atoms with Gasteiger partial charge in [0.2, 0.25) is 17.2 Å². The van der Waals surface area contributed by atoms with Crippen LogP contribution in [0.1, 0.15) is 46.5 Å². The Hall–Kier alpha value is -1.10. The third kappa shape index (κ3) is 4.70. The number of nitrogens with zero attached hydrogens (tertiary/aromatic N) is 4. The molecule has 5 nitrogen and oxygen atoms in total. The molecule has 1 atom stereocenters. The summed E-state index contributed by atoms with van der Waals surface area (Å²) >= 11 is 6.04. The maximum absolute atomic E-state index is 6.04. The van der Waals surface area contributed by atoms with Crippen LogP contribution in [0.2, 0.25) is 5.28 Å². The molecular weight excluding hydrogens is 286 g/mol. The zero-order valence-electron chi connectivity index (χ0n) is 13.3. The molecule has 1 aliphatic rings. The van der Waals surface area contributed by atoms with Crippen LogP contribution in [0.15, 0.2) is 0 Å². The average molecular weight is 312 g/mol. The van der Waals surface area contributed by atoms with E-state index in [9.17, 15) is 0 Å². The minimum Gasteiger partial charge on any atom is -0.354 e. The summed E-state index contributed by atoms with van der Waals surface area (Å²) in [6, 6.07) is 0. The second kappa shape index (κ2) is 7.78. The van der Waals surface area contributed by atoms with Crippen molar-refractivity contribution in [2.24, 2.45) is 11.8 Å². The van der Waals surface area contributed by atoms with Gasteiger partial charge in [-0.25, -0.2) is 0 Å². The maximum Gasteiger partial charge on any atom is 0.231 e. The Kier molecular flexibility index (Phi) is 6.03. The van der Waals surface area contributed by atoms with Gasteiger partial charge in [-0.2, -0.15) is 15.0 Å². The second-order valence-electron chi connectivity index (χ2n) is 6.08. The van der Waals surface area contributed by atoms with Crippen molar-refractivity contribution in [1.82, 2.24) is 15.0 Å². The Morgan fingerprint density at radius 2 is 2.05 bits per heavy atom. The molecule has 1 fully saturated rings. The topological polar surface area (TPSA) is 53.9 Å². The molecule has 118 valence electrons. The molecule has 1 unspecified atom stereocenters. The van der Waals surface area contributed by atoms with E-state index >= 15 is 0 Å². The highest BCUT2D eigenvalue weighted by molar-refractivity contribution is 6.28. The third-order valence-corrected chi connectivity index (χ3v) is 4.30. The van der Waals surface area contributed by atoms with E-state index in [-0.39, 0.29) is 5.28 Å². The van der Waals surface area contributed by atoms with Crippen LogP contribution in [0, 0.1) is 11.8 Å². The number of nitrogens with one attached hydrogen (secondary N) is 1. The lowest BCUT2D eigenvalue weighted by atomic mass is 9.89. The van der Waals surface area contributed by atoms with Gasteiger partial charge >= 0.3 is 0 Å². The van der Waals surface area contributed by atoms with E-state index in [1.54, 1.807) is 0 Å². The van der Waals surface area contributed by atoms with Gasteiger partial charge in [0.15, 0.2) is 0 Å². The van der Waals surface area contributed by atoms with E-state index in [4.69, 9.17) is 11.6 Å². The minimum atomic E-state index is 0.267. The monoisotopic (exact) mass is 311 g/mol. The molecule has 1 aromatic rings. The van der Waals surface area contributed by atoms with Crippen LogP contribution in [-0.2, 0) is 0 Å². The predicted molar refractivity (Wildman–Crippen MR) is 88.0 cm³/mol. The van der Waals surface area contributed by atoms with E-state index in [2.05, 4.69) is 45.9 Å². The number of aromatic nitrogens is 3. The molecule has 0 aromatic carbocycles. The SMILES string of the molecule is CCCNc1nc(Cl)nc(N2CCCC(C(C)C)CC2)n1. The Morgan fingerprint density at radius 1 is 1.24 bits per heavy atom. The van der Waals surface area contributed by atoms with Gasteiger partial charge < -0.3 is 10.2 Å². The zero-order valence-corrected chi connectivity index (χ0v) is 14.0. The van der Waals surface area contributed by atoms with Crippen molar-refractivity contribution >= 4 is 23.5 Å². The van der Waals surface area contributed by atoms with Crippen molar-refractivity contribution in [2.45, 2.75) is 46.5 Å². The fourth-order valence-corrected chi connectivity index (χ4v) is 2.94. The van der Waals surface area contributed by atoms with Crippen molar-refractivity contribution in [3.05, 3.63) is 5.28 Å². The summed E-state index contributed by atoms with van der Waals surface area (Å²) < 4.78 is 0. The Bertz CT molecular complexity index is 452. The van der Waals surface area contributed by atoms with Crippen LogP contribution < -0.4 is 10.2 Å². The molecule has 1 aliphatic heterocycles. The van der Waals surface area contributed by atoms with E-state index in [1.165, 1.54) is 19.3 Å². The zero-order chi connectivity index (χ0) is 15.2. The lowest BCUT2D eigenvalue weighted by Gasteiger charge is -2.21. The molecule has 2 heterocycles. The van der Waals surface area contributed by atoms with Crippen LogP contribution >= 0.6 is 11.6 Å². The molecule has 1 N–H and O–H groups in total. The first kappa shape index (κ1) is 16.3. The van der Waals surface area contributed by atoms with Crippen LogP contribution in [0.4, 0.5) is 11.9 Å². The number of rotatable bonds is 5. The summed E-state index contributed by atoms with van der Waals surface area (Å²) in [5.74, 6) is 2.83. The highest BCUT2D eigenvalue weighted by Crippen LogP contribution is 2.26. The van der Waals surface area contributed by atoms with Crippen LogP contribution in [0.3, 0.4) is 0 Å². The molecule has 1 aromatic heterocycles. The van der Waals surface area contributed by atoms with Gasteiger partial charge in [0, 0.05) is 19.6 Å². The largest absolute Gasteiger partial charge is 0.354 e. The summed E-state index contributed by atoms with van der Waals surface area (Å²) in [5.41, 5.74) is 0. The Morgan fingerprint density at radius 3 is 2.76 bits per heavy atom. The summed E-state index contributed by atoms with van der Waals surface area (Å²) in [6.07, 6.45) is 4.69. The first-order valence-corrected chi connectivity index (χ1v) is 8.38. The Labute approximate surface area is 132 Å². The first-order chi connectivity index (χ1) is 10.1. The molecule has 0 aliphatic carbocycles. The average Bonchev–Trinajstić information content (AvgIpc) is 2.70. The molecule has 0 radical (unpaired) electrons. The van der Waals surface area contributed by atoms with Crippen molar-refractivity contribution in [2.75, 3.05) is 29.9 Å². The highest BCUT2D eigenvalue weighted by atomic mass is 35.5. The van der Waals surface area contributed by atoms with Gasteiger partial charge in [-0.05, 0) is 49.1 Å². The lowest BCUT2D eigenvalue weighted by molar-refractivity contribution is 0.351. The van der Waals surface area contributed by atoms with E-state index in [0.717, 1.165) is 37.9 Å². The van der Waals surface area contributed by atoms with Crippen LogP contribution in [0.5, 0.6) is 0 Å². The van der Waals surface area contributed by atoms with Gasteiger partial charge in [-0.3, -0.25) is 0 Å². The number of hydrogen-bond donors (Lipinski definition) is 1. The molecule has 0 spiro atoms. The van der Waals surface area contributed by atoms with E-state index in [0.29, 0.717) is 11.9 Å². The van der Waals surface area contributed by atoms with Crippen molar-refractivity contribution in [1.29, 1.82) is 0 Å². The standard InChI is InChI=1S/C15H26ClN5/c1-4-8-17-14-18-13(16)19-15(20-14)21-9-5-6-12(7-10-21)11(2)3/h11-12H,4-10H2,1-3H3,(H,17,18,19,20). The van der Waals surface area contributed by atoms with Crippen molar-refractivity contribution in [3.63, 3.8) is 0 Å². The molecule has 1 saturated heterocycles. The molecular formula is C15H26ClN5. The van der Waals surface area contributed by atoms with Gasteiger partial charge in [0.1, 0.15) is 0 Å². The molecule has 0 saturated carbocycles. The Balaban J connectivity index is 2.08. The van der Waals surface area contributed by atoms with E-state index < -0.39 is 0 Å². The fraction of sp³-hybridized carbons (Fsp3) is 0.800. The van der Waals surface area contributed by atoms with Crippen LogP contribution in [0.25, 0.3) is 0 Å². The molecule has 0 bridgehead atoms. The lowest BCUT2D eigenvalue weighted by Crippen LogP contribution is -2.27. The summed E-state index contributed by atoms with van der Waals surface area (Å²) in [5, 5.41) is 3.45. The van der Waals surface area contributed by atoms with Gasteiger partial charge in [0.25, 0.3) is 0 Å². The summed E-state index contributed by atoms with van der Waals surface area (Å²) in [4.78, 5) is 15.2. The van der Waals surface area contributed by atoms with Gasteiger partial charge in [-0.1, -0.05) is 20.8 Å². The predicted octanol–water partition coefficient (Wildman–Crippen LogP) is 3.61. The van der Waals surface area contributed by atoms with Gasteiger partial charge in [0.05, 0.1) is 0 Å². The molecule has 21 heavy (non-hydrogen) atoms. The number of anilines is 2. The number of hydrogen-bond acceptors (Lipinski definition) is 5. The normalized spacial score (nSPS) is 19.7. The fourth-order valence-electron chi connectivity index (χ4n) is 2.79. The van der Waals surface area contributed by atoms with Gasteiger partial charge in [-0.15, -0.1) is 0 Å². The highest BCUT2D eigenvalue weighted by Gasteiger charge is 2.21. The smallest absolute Gasteiger partial charge is 0.231 e. The minimum absolute atomic E-state index is 0.267. The quantitative estimate of drug-likeness (QED) is 0.900. The second-order valence-corrected chi connectivity index (χ2v) is 6.41. The van der Waals surface area contributed by atoms with E-state index in [1.807, 2.05) is 0 Å². The maximum atomic E-state index is 6.04. The molecule has 2 rings (SSSR count). The summed E-state index contributed by atoms with van der Waals surface area (Å²) in [7, 11) is 0.